The molecule has 1 aromatic carbocycles. The zero-order valence-corrected chi connectivity index (χ0v) is 15.9. The second kappa shape index (κ2) is 9.52. The molecular formula is C19H25BN4O4. The molecule has 2 aliphatic rings. The lowest BCUT2D eigenvalue weighted by molar-refractivity contribution is -0.122. The lowest BCUT2D eigenvalue weighted by atomic mass is 9.79. The molecule has 1 fully saturated rings. The van der Waals surface area contributed by atoms with Gasteiger partial charge in [0, 0.05) is 23.5 Å². The third kappa shape index (κ3) is 4.99. The summed E-state index contributed by atoms with van der Waals surface area (Å²) in [7, 11) is -0.814. The molecule has 8 nitrogen and oxygen atoms in total. The summed E-state index contributed by atoms with van der Waals surface area (Å²) in [5.41, 5.74) is 3.77. The molecule has 0 bridgehead atoms. The molecular weight excluding hydrogens is 359 g/mol. The quantitative estimate of drug-likeness (QED) is 0.468. The van der Waals surface area contributed by atoms with Crippen LogP contribution in [0.4, 0.5) is 17.5 Å². The first-order valence-electron chi connectivity index (χ1n) is 9.48. The van der Waals surface area contributed by atoms with Gasteiger partial charge in [-0.3, -0.25) is 4.79 Å². The lowest BCUT2D eigenvalue weighted by Gasteiger charge is -2.24. The monoisotopic (exact) mass is 384 g/mol. The third-order valence-electron chi connectivity index (χ3n) is 4.98. The molecule has 0 atom stereocenters. The Bertz CT molecular complexity index is 815. The standard InChI is InChI=1S/C18H23BN4O2.CH2O2/c1-12-10-20-18(23-17(12)21-14-5-3-2-4-6-14)22-15-7-8-16-13(9-15)11-25-19(16)24;2-1-3/h7-10,14,24H,2-6,11H2,1H3,(H2,20,21,22,23);1H,(H,2,3). The van der Waals surface area contributed by atoms with Crippen LogP contribution in [-0.2, 0) is 16.1 Å². The van der Waals surface area contributed by atoms with E-state index in [0.717, 1.165) is 28.1 Å². The predicted molar refractivity (Wildman–Crippen MR) is 108 cm³/mol. The van der Waals surface area contributed by atoms with Gasteiger partial charge in [-0.25, -0.2) is 4.98 Å². The van der Waals surface area contributed by atoms with Gasteiger partial charge in [-0.05, 0) is 42.9 Å². The van der Waals surface area contributed by atoms with Crippen LogP contribution >= 0.6 is 0 Å². The van der Waals surface area contributed by atoms with Gasteiger partial charge in [-0.1, -0.05) is 25.3 Å². The van der Waals surface area contributed by atoms with Crippen LogP contribution in [0.25, 0.3) is 0 Å². The number of nitrogens with zero attached hydrogens (tertiary/aromatic N) is 2. The van der Waals surface area contributed by atoms with Crippen LogP contribution in [0.3, 0.4) is 0 Å². The van der Waals surface area contributed by atoms with E-state index >= 15 is 0 Å². The maximum absolute atomic E-state index is 9.71. The summed E-state index contributed by atoms with van der Waals surface area (Å²) in [5.74, 6) is 1.48. The molecule has 2 heterocycles. The molecule has 1 aromatic heterocycles. The topological polar surface area (TPSA) is 117 Å². The van der Waals surface area contributed by atoms with Gasteiger partial charge in [0.25, 0.3) is 6.47 Å². The number of carboxylic acid groups (broad SMARTS) is 1. The Morgan fingerprint density at radius 1 is 1.29 bits per heavy atom. The smallest absolute Gasteiger partial charge is 0.483 e. The minimum Gasteiger partial charge on any atom is -0.483 e. The number of fused-ring (bicyclic) bond motifs is 1. The van der Waals surface area contributed by atoms with Crippen molar-refractivity contribution in [3.05, 3.63) is 35.5 Å². The van der Waals surface area contributed by atoms with E-state index in [9.17, 15) is 5.02 Å². The molecule has 0 amide bonds. The number of aromatic nitrogens is 2. The molecule has 9 heteroatoms. The lowest BCUT2D eigenvalue weighted by Crippen LogP contribution is -2.27. The van der Waals surface area contributed by atoms with Crippen molar-refractivity contribution in [1.82, 2.24) is 9.97 Å². The molecule has 0 unspecified atom stereocenters. The van der Waals surface area contributed by atoms with Gasteiger partial charge in [0.05, 0.1) is 6.61 Å². The summed E-state index contributed by atoms with van der Waals surface area (Å²) in [4.78, 5) is 17.4. The largest absolute Gasteiger partial charge is 0.491 e. The first-order chi connectivity index (χ1) is 13.6. The van der Waals surface area contributed by atoms with E-state index in [2.05, 4.69) is 20.6 Å². The van der Waals surface area contributed by atoms with Crippen molar-refractivity contribution in [2.24, 2.45) is 0 Å². The second-order valence-electron chi connectivity index (χ2n) is 7.01. The van der Waals surface area contributed by atoms with Crippen molar-refractivity contribution in [2.75, 3.05) is 10.6 Å². The zero-order chi connectivity index (χ0) is 19.9. The third-order valence-corrected chi connectivity index (χ3v) is 4.98. The van der Waals surface area contributed by atoms with Crippen LogP contribution in [0.15, 0.2) is 24.4 Å². The molecule has 148 valence electrons. The average Bonchev–Trinajstić information content (AvgIpc) is 3.06. The Labute approximate surface area is 164 Å². The van der Waals surface area contributed by atoms with E-state index < -0.39 is 7.12 Å². The number of carbonyl (C=O) groups is 1. The molecule has 1 aliphatic heterocycles. The van der Waals surface area contributed by atoms with E-state index in [1.54, 1.807) is 0 Å². The van der Waals surface area contributed by atoms with Gasteiger partial charge in [-0.15, -0.1) is 0 Å². The second-order valence-corrected chi connectivity index (χ2v) is 7.01. The Morgan fingerprint density at radius 3 is 2.79 bits per heavy atom. The molecule has 2 aromatic rings. The van der Waals surface area contributed by atoms with E-state index in [0.29, 0.717) is 18.6 Å². The number of rotatable bonds is 4. The molecule has 1 saturated carbocycles. The normalized spacial score (nSPS) is 16.0. The molecule has 28 heavy (non-hydrogen) atoms. The fourth-order valence-corrected chi connectivity index (χ4v) is 3.53. The molecule has 0 saturated heterocycles. The number of anilines is 3. The van der Waals surface area contributed by atoms with Crippen molar-refractivity contribution in [3.63, 3.8) is 0 Å². The number of nitrogens with one attached hydrogen (secondary N) is 2. The minimum absolute atomic E-state index is 0.250. The van der Waals surface area contributed by atoms with Crippen molar-refractivity contribution in [3.8, 4) is 0 Å². The molecule has 0 spiro atoms. The Hall–Kier alpha value is -2.65. The van der Waals surface area contributed by atoms with Gasteiger partial charge >= 0.3 is 7.12 Å². The van der Waals surface area contributed by atoms with Crippen molar-refractivity contribution >= 4 is 36.5 Å². The summed E-state index contributed by atoms with van der Waals surface area (Å²) in [6.45, 7) is 2.21. The first kappa shape index (κ1) is 20.1. The highest BCUT2D eigenvalue weighted by Crippen LogP contribution is 2.24. The number of hydrogen-bond acceptors (Lipinski definition) is 7. The molecule has 4 N–H and O–H groups in total. The van der Waals surface area contributed by atoms with Crippen LogP contribution in [0, 0.1) is 6.92 Å². The Kier molecular flexibility index (Phi) is 6.83. The summed E-state index contributed by atoms with van der Waals surface area (Å²) >= 11 is 0. The molecule has 1 aliphatic carbocycles. The Balaban J connectivity index is 0.000000706. The fourth-order valence-electron chi connectivity index (χ4n) is 3.53. The zero-order valence-electron chi connectivity index (χ0n) is 15.9. The molecule has 0 radical (unpaired) electrons. The summed E-state index contributed by atoms with van der Waals surface area (Å²) in [6, 6.07) is 6.27. The number of benzene rings is 1. The van der Waals surface area contributed by atoms with E-state index in [4.69, 9.17) is 14.6 Å². The summed E-state index contributed by atoms with van der Waals surface area (Å²) in [6.07, 6.45) is 8.18. The van der Waals surface area contributed by atoms with Crippen molar-refractivity contribution in [1.29, 1.82) is 0 Å². The highest BCUT2D eigenvalue weighted by molar-refractivity contribution is 6.61. The van der Waals surface area contributed by atoms with Crippen molar-refractivity contribution < 1.29 is 19.6 Å². The van der Waals surface area contributed by atoms with E-state index in [1.165, 1.54) is 32.1 Å². The van der Waals surface area contributed by atoms with Crippen LogP contribution in [0.5, 0.6) is 0 Å². The Morgan fingerprint density at radius 2 is 2.04 bits per heavy atom. The highest BCUT2D eigenvalue weighted by Gasteiger charge is 2.27. The minimum atomic E-state index is -0.814. The molecule has 4 rings (SSSR count). The average molecular weight is 384 g/mol. The van der Waals surface area contributed by atoms with Gasteiger partial charge < -0.3 is 25.4 Å². The highest BCUT2D eigenvalue weighted by atomic mass is 16.5. The SMILES string of the molecule is Cc1cnc(Nc2ccc3c(c2)COB3O)nc1NC1CCCCC1.O=CO. The maximum Gasteiger partial charge on any atom is 0.491 e. The van der Waals surface area contributed by atoms with Gasteiger partial charge in [0.15, 0.2) is 0 Å². The summed E-state index contributed by atoms with van der Waals surface area (Å²) < 4.78 is 5.23. The van der Waals surface area contributed by atoms with Gasteiger partial charge in [0.1, 0.15) is 5.82 Å². The van der Waals surface area contributed by atoms with E-state index in [1.807, 2.05) is 31.3 Å². The van der Waals surface area contributed by atoms with Crippen LogP contribution in [-0.4, -0.2) is 39.7 Å². The maximum atomic E-state index is 9.71. The predicted octanol–water partition coefficient (Wildman–Crippen LogP) is 2.19. The summed E-state index contributed by atoms with van der Waals surface area (Å²) in [5, 5.41) is 23.4. The van der Waals surface area contributed by atoms with Crippen molar-refractivity contribution in [2.45, 2.75) is 51.7 Å². The van der Waals surface area contributed by atoms with Crippen LogP contribution in [0.2, 0.25) is 0 Å². The van der Waals surface area contributed by atoms with Crippen LogP contribution < -0.4 is 16.1 Å². The fraction of sp³-hybridized carbons (Fsp3) is 0.421. The van der Waals surface area contributed by atoms with Gasteiger partial charge in [-0.2, -0.15) is 4.98 Å². The number of aryl methyl sites for hydroxylation is 1. The number of hydrogen-bond donors (Lipinski definition) is 4. The van der Waals surface area contributed by atoms with E-state index in [-0.39, 0.29) is 6.47 Å². The van der Waals surface area contributed by atoms with Crippen LogP contribution in [0.1, 0.15) is 43.2 Å². The van der Waals surface area contributed by atoms with Gasteiger partial charge in [0.2, 0.25) is 5.95 Å². The first-order valence-corrected chi connectivity index (χ1v) is 9.48.